The zero-order valence-electron chi connectivity index (χ0n) is 42.8. The van der Waals surface area contributed by atoms with Gasteiger partial charge >= 0.3 is 0 Å². The fraction of sp³-hybridized carbons (Fsp3) is 0.206. The number of fused-ring (bicyclic) bond motifs is 14. The Balaban J connectivity index is 0.881. The monoisotopic (exact) mass is 966 g/mol. The highest BCUT2D eigenvalue weighted by Crippen LogP contribution is 2.67. The van der Waals surface area contributed by atoms with Gasteiger partial charge in [0.2, 0.25) is 0 Å². The number of anilines is 5. The Labute approximate surface area is 428 Å². The molecular weight excluding hydrogens is 905 g/mol. The number of para-hydroxylation sites is 1. The minimum absolute atomic E-state index is 0.0602. The van der Waals surface area contributed by atoms with E-state index in [0.29, 0.717) is 5.54 Å². The fourth-order valence-corrected chi connectivity index (χ4v) is 20.4. The molecule has 14 rings (SSSR count). The first-order valence-electron chi connectivity index (χ1n) is 26.1. The van der Waals surface area contributed by atoms with Crippen molar-refractivity contribution in [2.75, 3.05) is 22.3 Å². The molecule has 0 bridgehead atoms. The van der Waals surface area contributed by atoms with Crippen LogP contribution in [0, 0.1) is 0 Å². The van der Waals surface area contributed by atoms with E-state index in [9.17, 15) is 0 Å². The third-order valence-corrected chi connectivity index (χ3v) is 25.1. The molecule has 2 atom stereocenters. The van der Waals surface area contributed by atoms with Crippen LogP contribution in [0.3, 0.4) is 0 Å². The van der Waals surface area contributed by atoms with Crippen LogP contribution in [0.15, 0.2) is 198 Å². The number of hydrogen-bond acceptors (Lipinski definition) is 2. The molecule has 2 unspecified atom stereocenters. The molecule has 8 aromatic carbocycles. The Morgan fingerprint density at radius 1 is 0.500 bits per heavy atom. The van der Waals surface area contributed by atoms with E-state index in [1.54, 1.807) is 10.8 Å². The van der Waals surface area contributed by atoms with E-state index >= 15 is 0 Å². The molecule has 2 aliphatic heterocycles. The maximum Gasteiger partial charge on any atom is 0.0892 e. The smallest absolute Gasteiger partial charge is 0.0892 e. The summed E-state index contributed by atoms with van der Waals surface area (Å²) in [6, 6.07) is 63.7. The van der Waals surface area contributed by atoms with Crippen molar-refractivity contribution < 1.29 is 0 Å². The summed E-state index contributed by atoms with van der Waals surface area (Å²) in [5.41, 5.74) is 23.6. The molecule has 4 aliphatic carbocycles. The van der Waals surface area contributed by atoms with Crippen LogP contribution in [0.5, 0.6) is 0 Å². The molecule has 0 N–H and O–H groups in total. The van der Waals surface area contributed by atoms with E-state index in [4.69, 9.17) is 0 Å². The second-order valence-electron chi connectivity index (χ2n) is 23.2. The Kier molecular flexibility index (Phi) is 9.35. The minimum Gasteiger partial charge on any atom is -0.334 e. The lowest BCUT2D eigenvalue weighted by molar-refractivity contribution is 0.659. The summed E-state index contributed by atoms with van der Waals surface area (Å²) >= 11 is 0. The van der Waals surface area contributed by atoms with Crippen LogP contribution in [0.1, 0.15) is 68.4 Å². The van der Waals surface area contributed by atoms with Crippen molar-refractivity contribution in [3.8, 4) is 33.4 Å². The van der Waals surface area contributed by atoms with Crippen LogP contribution in [0.25, 0.3) is 45.0 Å². The molecule has 2 nitrogen and oxygen atoms in total. The Bertz CT molecular complexity index is 3850. The summed E-state index contributed by atoms with van der Waals surface area (Å²) in [5.74, 6) is 0. The zero-order chi connectivity index (χ0) is 49.1. The van der Waals surface area contributed by atoms with Gasteiger partial charge in [-0.3, -0.25) is 0 Å². The standard InChI is InChI=1S/C68H62N2SSi/c1-67(2)57-25-17-15-23-49(57)51-31-27-45(39-59(51)67)69(43-19-11-9-12-20-43)47-29-33-55-62(41-47)71(5,6)61-37-35-54-53(65(55)61)36-38-63-66(54)56-34-30-48(42-64(56)72(63,7)8)70(44-21-13-10-14-22-44)46-28-32-52-50-24-16-18-26-58(50)68(3,4)60(52)40-46/h9-21,23-37,39-42,44,63H,22,38H2,1-8H3. The molecule has 0 radical (unpaired) electrons. The van der Waals surface area contributed by atoms with Crippen LogP contribution in [-0.2, 0) is 10.8 Å². The van der Waals surface area contributed by atoms with Crippen molar-refractivity contribution in [1.29, 1.82) is 0 Å². The van der Waals surface area contributed by atoms with E-state index in [1.165, 1.54) is 110 Å². The highest BCUT2D eigenvalue weighted by molar-refractivity contribution is 8.33. The quantitative estimate of drug-likeness (QED) is 0.153. The van der Waals surface area contributed by atoms with Gasteiger partial charge in [-0.1, -0.05) is 168 Å². The number of benzene rings is 8. The number of rotatable bonds is 6. The molecule has 4 heteroatoms. The van der Waals surface area contributed by atoms with Gasteiger partial charge in [0.25, 0.3) is 0 Å². The van der Waals surface area contributed by atoms with Crippen molar-refractivity contribution in [1.82, 2.24) is 0 Å². The van der Waals surface area contributed by atoms with Crippen molar-refractivity contribution in [2.24, 2.45) is 0 Å². The normalized spacial score (nSPS) is 20.1. The third-order valence-electron chi connectivity index (χ3n) is 18.1. The fourth-order valence-electron chi connectivity index (χ4n) is 14.3. The summed E-state index contributed by atoms with van der Waals surface area (Å²) in [4.78, 5) is 8.13. The lowest BCUT2D eigenvalue weighted by Crippen LogP contribution is -2.44. The summed E-state index contributed by atoms with van der Waals surface area (Å²) in [7, 11) is -3.30. The topological polar surface area (TPSA) is 6.48 Å². The lowest BCUT2D eigenvalue weighted by Gasteiger charge is -2.34. The second kappa shape index (κ2) is 15.3. The SMILES string of the molecule is CC1(C)c2ccccc2-c2ccc(N(c3ccccc3)c3ccc4c(c3)S(C)(C)c3ccc5c(c3-4)=CCC3C=5c4ccc(N(c5ccc6c(c5)C(C)(C)c5ccccc5-6)C5C=CC=CC5)cc4[Si]3(C)C)cc21. The van der Waals surface area contributed by atoms with E-state index < -0.39 is 18.1 Å². The van der Waals surface area contributed by atoms with Crippen LogP contribution >= 0.6 is 10.0 Å². The molecular formula is C68H62N2SSi. The summed E-state index contributed by atoms with van der Waals surface area (Å²) in [6.45, 7) is 14.8. The van der Waals surface area contributed by atoms with Gasteiger partial charge in [-0.25, -0.2) is 0 Å². The minimum atomic E-state index is -1.97. The molecule has 0 fully saturated rings. The molecule has 2 heterocycles. The number of allylic oxidation sites excluding steroid dienone is 2. The van der Waals surface area contributed by atoms with Crippen molar-refractivity contribution in [3.63, 3.8) is 0 Å². The Morgan fingerprint density at radius 2 is 1.07 bits per heavy atom. The molecule has 0 spiro atoms. The summed E-state index contributed by atoms with van der Waals surface area (Å²) in [5, 5.41) is 4.51. The maximum absolute atomic E-state index is 2.65. The van der Waals surface area contributed by atoms with Crippen LogP contribution in [0.4, 0.5) is 28.4 Å². The predicted octanol–water partition coefficient (Wildman–Crippen LogP) is 15.9. The van der Waals surface area contributed by atoms with Gasteiger partial charge in [0, 0.05) is 54.6 Å². The zero-order valence-corrected chi connectivity index (χ0v) is 44.7. The maximum atomic E-state index is 2.65. The highest BCUT2D eigenvalue weighted by atomic mass is 32.3. The van der Waals surface area contributed by atoms with Crippen molar-refractivity contribution >= 4 is 63.4 Å². The predicted molar refractivity (Wildman–Crippen MR) is 311 cm³/mol. The average molecular weight is 967 g/mol. The van der Waals surface area contributed by atoms with E-state index in [1.807, 2.05) is 0 Å². The Hall–Kier alpha value is -6.85. The van der Waals surface area contributed by atoms with Gasteiger partial charge in [-0.05, 0) is 174 Å². The van der Waals surface area contributed by atoms with E-state index in [0.717, 1.165) is 12.8 Å². The van der Waals surface area contributed by atoms with Gasteiger partial charge in [0.15, 0.2) is 0 Å². The first kappa shape index (κ1) is 43.9. The van der Waals surface area contributed by atoms with Gasteiger partial charge in [0.1, 0.15) is 0 Å². The van der Waals surface area contributed by atoms with Crippen molar-refractivity contribution in [3.05, 3.63) is 226 Å². The van der Waals surface area contributed by atoms with E-state index in [2.05, 4.69) is 257 Å². The first-order chi connectivity index (χ1) is 34.7. The van der Waals surface area contributed by atoms with Gasteiger partial charge in [0.05, 0.1) is 14.1 Å². The highest BCUT2D eigenvalue weighted by Gasteiger charge is 2.47. The molecule has 72 heavy (non-hydrogen) atoms. The average Bonchev–Trinajstić information content (AvgIpc) is 3.97. The molecule has 0 saturated heterocycles. The van der Waals surface area contributed by atoms with Gasteiger partial charge < -0.3 is 9.80 Å². The largest absolute Gasteiger partial charge is 0.334 e. The molecule has 6 aliphatic rings. The van der Waals surface area contributed by atoms with Crippen LogP contribution < -0.4 is 25.4 Å². The molecule has 8 aromatic rings. The molecule has 354 valence electrons. The second-order valence-corrected chi connectivity index (χ2v) is 31.4. The Morgan fingerprint density at radius 3 is 1.74 bits per heavy atom. The summed E-state index contributed by atoms with van der Waals surface area (Å²) in [6.07, 6.45) is 19.0. The van der Waals surface area contributed by atoms with E-state index in [-0.39, 0.29) is 16.9 Å². The molecule has 0 aromatic heterocycles. The number of nitrogens with zero attached hydrogens (tertiary/aromatic N) is 2. The lowest BCUT2D eigenvalue weighted by atomic mass is 9.82. The molecule has 0 saturated carbocycles. The van der Waals surface area contributed by atoms with Crippen LogP contribution in [0.2, 0.25) is 18.6 Å². The van der Waals surface area contributed by atoms with Gasteiger partial charge in [-0.2, -0.15) is 10.0 Å². The molecule has 0 amide bonds. The number of hydrogen-bond donors (Lipinski definition) is 0. The summed E-state index contributed by atoms with van der Waals surface area (Å²) < 4.78 is 0. The van der Waals surface area contributed by atoms with Crippen LogP contribution in [-0.4, -0.2) is 26.6 Å². The van der Waals surface area contributed by atoms with Gasteiger partial charge in [-0.15, -0.1) is 0 Å². The third kappa shape index (κ3) is 6.03. The first-order valence-corrected chi connectivity index (χ1v) is 31.6. The van der Waals surface area contributed by atoms with Crippen molar-refractivity contribution in [2.45, 2.75) is 85.8 Å².